The van der Waals surface area contributed by atoms with Crippen LogP contribution in [0.15, 0.2) is 44.8 Å². The first-order chi connectivity index (χ1) is 17.4. The zero-order valence-corrected chi connectivity index (χ0v) is 24.0. The zero-order chi connectivity index (χ0) is 26.5. The van der Waals surface area contributed by atoms with Crippen molar-refractivity contribution in [3.8, 4) is 36.4 Å². The molecule has 0 spiro atoms. The first-order valence-electron chi connectivity index (χ1n) is 11.5. The first-order valence-corrected chi connectivity index (χ1v) is 14.0. The van der Waals surface area contributed by atoms with Crippen LogP contribution in [0, 0.1) is 68.0 Å². The SMILES string of the molecule is N#CC(C#N)=C1CC(I)CC(NCCCCCCNC2=C(C#N)C(=C(C#N)C#N)CC(I)C2)=C1C#N. The largest absolute Gasteiger partial charge is 0.387 e. The molecule has 0 saturated heterocycles. The summed E-state index contributed by atoms with van der Waals surface area (Å²) >= 11 is 4.59. The lowest BCUT2D eigenvalue weighted by atomic mass is 9.88. The molecule has 0 aromatic rings. The van der Waals surface area contributed by atoms with Crippen LogP contribution in [0.4, 0.5) is 0 Å². The van der Waals surface area contributed by atoms with Gasteiger partial charge in [-0.15, -0.1) is 0 Å². The van der Waals surface area contributed by atoms with Crippen LogP contribution in [0.1, 0.15) is 51.4 Å². The van der Waals surface area contributed by atoms with Crippen LogP contribution in [0.3, 0.4) is 0 Å². The molecule has 2 atom stereocenters. The van der Waals surface area contributed by atoms with Crippen molar-refractivity contribution in [1.29, 1.82) is 31.6 Å². The number of rotatable bonds is 9. The summed E-state index contributed by atoms with van der Waals surface area (Å²) in [7, 11) is 0. The fourth-order valence-corrected chi connectivity index (χ4v) is 6.01. The van der Waals surface area contributed by atoms with Crippen LogP contribution in [0.25, 0.3) is 0 Å². The Morgan fingerprint density at radius 1 is 0.611 bits per heavy atom. The van der Waals surface area contributed by atoms with Gasteiger partial charge in [0.2, 0.25) is 0 Å². The molecule has 0 radical (unpaired) electrons. The summed E-state index contributed by atoms with van der Waals surface area (Å²) in [6, 6.07) is 12.0. The summed E-state index contributed by atoms with van der Waals surface area (Å²) in [6.45, 7) is 1.41. The Morgan fingerprint density at radius 2 is 0.972 bits per heavy atom. The average Bonchev–Trinajstić information content (AvgIpc) is 2.87. The van der Waals surface area contributed by atoms with E-state index in [0.29, 0.717) is 61.1 Å². The monoisotopic (exact) mass is 702 g/mol. The van der Waals surface area contributed by atoms with Crippen LogP contribution >= 0.6 is 45.2 Å². The van der Waals surface area contributed by atoms with Gasteiger partial charge >= 0.3 is 0 Å². The molecular weight excluding hydrogens is 678 g/mol. The highest BCUT2D eigenvalue weighted by Gasteiger charge is 2.27. The molecule has 8 nitrogen and oxygen atoms in total. The fourth-order valence-electron chi connectivity index (χ4n) is 4.25. The maximum absolute atomic E-state index is 9.62. The smallest absolute Gasteiger partial charge is 0.134 e. The minimum Gasteiger partial charge on any atom is -0.387 e. The number of unbranched alkanes of at least 4 members (excludes halogenated alkanes) is 3. The number of halogens is 2. The number of nitrogens with zero attached hydrogens (tertiary/aromatic N) is 6. The van der Waals surface area contributed by atoms with Crippen LogP contribution < -0.4 is 10.6 Å². The van der Waals surface area contributed by atoms with E-state index in [1.165, 1.54) is 0 Å². The summed E-state index contributed by atoms with van der Waals surface area (Å²) < 4.78 is 0.449. The predicted molar refractivity (Wildman–Crippen MR) is 150 cm³/mol. The molecule has 0 aliphatic heterocycles. The van der Waals surface area contributed by atoms with Gasteiger partial charge in [0.1, 0.15) is 47.6 Å². The summed E-state index contributed by atoms with van der Waals surface area (Å²) in [5.74, 6) is 0. The molecule has 2 unspecified atom stereocenters. The molecule has 2 aliphatic rings. The fraction of sp³-hybridized carbons (Fsp3) is 0.462. The maximum Gasteiger partial charge on any atom is 0.134 e. The second-order valence-electron chi connectivity index (χ2n) is 8.36. The van der Waals surface area contributed by atoms with Crippen molar-refractivity contribution in [2.45, 2.75) is 59.2 Å². The second kappa shape index (κ2) is 15.2. The van der Waals surface area contributed by atoms with Crippen LogP contribution in [-0.4, -0.2) is 20.9 Å². The van der Waals surface area contributed by atoms with E-state index in [-0.39, 0.29) is 19.0 Å². The molecular formula is C26H24I2N8. The number of alkyl halides is 2. The topological polar surface area (TPSA) is 167 Å². The Labute approximate surface area is 239 Å². The van der Waals surface area contributed by atoms with Crippen molar-refractivity contribution < 1.29 is 0 Å². The van der Waals surface area contributed by atoms with Crippen LogP contribution in [0.5, 0.6) is 0 Å². The first kappa shape index (κ1) is 29.2. The van der Waals surface area contributed by atoms with Gasteiger partial charge in [-0.3, -0.25) is 0 Å². The molecule has 0 aromatic heterocycles. The van der Waals surface area contributed by atoms with E-state index in [1.807, 2.05) is 24.3 Å². The van der Waals surface area contributed by atoms with Gasteiger partial charge in [-0.2, -0.15) is 31.6 Å². The van der Waals surface area contributed by atoms with Crippen molar-refractivity contribution >= 4 is 45.2 Å². The Morgan fingerprint density at radius 3 is 1.28 bits per heavy atom. The molecule has 0 saturated carbocycles. The molecule has 0 amide bonds. The second-order valence-corrected chi connectivity index (χ2v) is 11.9. The summed E-state index contributed by atoms with van der Waals surface area (Å²) in [5.41, 5.74) is 3.58. The third kappa shape index (κ3) is 7.73. The summed E-state index contributed by atoms with van der Waals surface area (Å²) in [4.78, 5) is 0. The van der Waals surface area contributed by atoms with Gasteiger partial charge in [-0.25, -0.2) is 0 Å². The van der Waals surface area contributed by atoms with Gasteiger partial charge in [0, 0.05) is 56.3 Å². The number of nitriles is 6. The lowest BCUT2D eigenvalue weighted by molar-refractivity contribution is 0.583. The number of allylic oxidation sites excluding steroid dienone is 8. The highest BCUT2D eigenvalue weighted by molar-refractivity contribution is 14.1. The van der Waals surface area contributed by atoms with Gasteiger partial charge in [0.05, 0.1) is 11.1 Å². The number of hydrogen-bond acceptors (Lipinski definition) is 8. The van der Waals surface area contributed by atoms with Crippen LogP contribution in [-0.2, 0) is 0 Å². The highest BCUT2D eigenvalue weighted by atomic mass is 127. The van der Waals surface area contributed by atoms with E-state index >= 15 is 0 Å². The van der Waals surface area contributed by atoms with Gasteiger partial charge in [-0.1, -0.05) is 58.0 Å². The normalized spacial score (nSPS) is 19.1. The minimum atomic E-state index is 0.0142. The molecule has 2 rings (SSSR count). The molecule has 0 aromatic carbocycles. The molecule has 182 valence electrons. The van der Waals surface area contributed by atoms with E-state index in [2.05, 4.69) is 68.0 Å². The van der Waals surface area contributed by atoms with Crippen molar-refractivity contribution in [2.75, 3.05) is 13.1 Å². The quantitative estimate of drug-likeness (QED) is 0.144. The predicted octanol–water partition coefficient (Wildman–Crippen LogP) is 5.16. The van der Waals surface area contributed by atoms with Crippen molar-refractivity contribution in [3.63, 3.8) is 0 Å². The standard InChI is InChI=1S/C26H24I2N8/c27-19-7-21(17(11-29)12-30)23(15-33)25(9-19)35-5-3-1-2-4-6-36-26-10-20(28)8-22(24(26)16-34)18(13-31)14-32/h19-20,35-36H,1-10H2. The average molecular weight is 702 g/mol. The Hall–Kier alpha value is -3.04. The molecule has 10 heteroatoms. The van der Waals surface area contributed by atoms with Crippen molar-refractivity contribution in [2.24, 2.45) is 0 Å². The zero-order valence-electron chi connectivity index (χ0n) is 19.7. The molecule has 2 aliphatic carbocycles. The van der Waals surface area contributed by atoms with E-state index in [1.54, 1.807) is 0 Å². The van der Waals surface area contributed by atoms with E-state index in [0.717, 1.165) is 37.1 Å². The molecule has 36 heavy (non-hydrogen) atoms. The highest BCUT2D eigenvalue weighted by Crippen LogP contribution is 2.35. The lowest BCUT2D eigenvalue weighted by Crippen LogP contribution is -2.25. The van der Waals surface area contributed by atoms with Gasteiger partial charge in [0.15, 0.2) is 0 Å². The van der Waals surface area contributed by atoms with Crippen LogP contribution in [0.2, 0.25) is 0 Å². The molecule has 2 N–H and O–H groups in total. The molecule has 0 heterocycles. The Balaban J connectivity index is 1.87. The number of nitrogens with one attached hydrogen (secondary N) is 2. The van der Waals surface area contributed by atoms with Gasteiger partial charge in [0.25, 0.3) is 0 Å². The van der Waals surface area contributed by atoms with E-state index < -0.39 is 0 Å². The Bertz CT molecular complexity index is 1120. The number of hydrogen-bond donors (Lipinski definition) is 2. The van der Waals surface area contributed by atoms with E-state index in [4.69, 9.17) is 0 Å². The van der Waals surface area contributed by atoms with Crippen molar-refractivity contribution in [1.82, 2.24) is 10.6 Å². The van der Waals surface area contributed by atoms with Gasteiger partial charge in [-0.05, 0) is 25.7 Å². The third-order valence-corrected chi connectivity index (χ3v) is 7.73. The third-order valence-electron chi connectivity index (χ3n) is 5.96. The van der Waals surface area contributed by atoms with Crippen molar-refractivity contribution in [3.05, 3.63) is 44.8 Å². The lowest BCUT2D eigenvalue weighted by Gasteiger charge is -2.24. The summed E-state index contributed by atoms with van der Waals surface area (Å²) in [6.07, 6.45) is 6.32. The van der Waals surface area contributed by atoms with E-state index in [9.17, 15) is 31.6 Å². The summed E-state index contributed by atoms with van der Waals surface area (Å²) in [5, 5.41) is 62.9. The molecule has 0 fully saturated rings. The van der Waals surface area contributed by atoms with Gasteiger partial charge < -0.3 is 10.6 Å². The maximum atomic E-state index is 9.62. The minimum absolute atomic E-state index is 0.0142. The molecule has 0 bridgehead atoms. The Kier molecular flexibility index (Phi) is 12.3.